The Balaban J connectivity index is 2.11. The van der Waals surface area contributed by atoms with E-state index in [-0.39, 0.29) is 11.9 Å². The predicted octanol–water partition coefficient (Wildman–Crippen LogP) is 1.90. The summed E-state index contributed by atoms with van der Waals surface area (Å²) in [6, 6.07) is 0.396. The molecule has 1 atom stereocenters. The molecule has 1 aliphatic heterocycles. The van der Waals surface area contributed by atoms with Gasteiger partial charge in [0.15, 0.2) is 5.82 Å². The van der Waals surface area contributed by atoms with Crippen molar-refractivity contribution in [3.8, 4) is 0 Å². The maximum atomic E-state index is 12.5. The van der Waals surface area contributed by atoms with Gasteiger partial charge in [0.05, 0.1) is 6.20 Å². The SMILES string of the molecule is CCC1C(=O)N(C)c2cnc(C)nc2N1C1CCC1. The van der Waals surface area contributed by atoms with E-state index in [1.54, 1.807) is 11.1 Å². The van der Waals surface area contributed by atoms with Crippen molar-refractivity contribution < 1.29 is 4.79 Å². The van der Waals surface area contributed by atoms with Gasteiger partial charge in [0.25, 0.3) is 0 Å². The van der Waals surface area contributed by atoms with Crippen LogP contribution < -0.4 is 9.80 Å². The molecule has 0 spiro atoms. The molecule has 1 unspecified atom stereocenters. The molecular formula is C14H20N4O. The first kappa shape index (κ1) is 12.4. The summed E-state index contributed by atoms with van der Waals surface area (Å²) in [5.74, 6) is 1.86. The number of likely N-dealkylation sites (N-methyl/N-ethyl adjacent to an activating group) is 1. The summed E-state index contributed by atoms with van der Waals surface area (Å²) in [6.45, 7) is 3.97. The molecule has 1 saturated carbocycles. The highest BCUT2D eigenvalue weighted by Gasteiger charge is 2.41. The average molecular weight is 260 g/mol. The molecule has 1 aromatic rings. The fourth-order valence-corrected chi connectivity index (χ4v) is 2.95. The number of aromatic nitrogens is 2. The van der Waals surface area contributed by atoms with E-state index in [2.05, 4.69) is 21.8 Å². The van der Waals surface area contributed by atoms with Gasteiger partial charge in [0, 0.05) is 13.1 Å². The molecule has 0 bridgehead atoms. The number of rotatable bonds is 2. The Labute approximate surface area is 113 Å². The van der Waals surface area contributed by atoms with Crippen LogP contribution in [0.2, 0.25) is 0 Å². The lowest BCUT2D eigenvalue weighted by molar-refractivity contribution is -0.120. The highest BCUT2D eigenvalue weighted by Crippen LogP contribution is 2.39. The molecule has 1 aliphatic carbocycles. The van der Waals surface area contributed by atoms with Crippen molar-refractivity contribution in [2.75, 3.05) is 16.8 Å². The molecule has 1 fully saturated rings. The summed E-state index contributed by atoms with van der Waals surface area (Å²) in [5, 5.41) is 0. The Hall–Kier alpha value is -1.65. The molecule has 3 rings (SSSR count). The smallest absolute Gasteiger partial charge is 0.249 e. The number of amides is 1. The van der Waals surface area contributed by atoms with E-state index in [9.17, 15) is 4.79 Å². The Morgan fingerprint density at radius 2 is 2.16 bits per heavy atom. The quantitative estimate of drug-likeness (QED) is 0.815. The van der Waals surface area contributed by atoms with Crippen molar-refractivity contribution in [2.45, 2.75) is 51.6 Å². The van der Waals surface area contributed by atoms with E-state index < -0.39 is 0 Å². The van der Waals surface area contributed by atoms with Crippen LogP contribution in [0.5, 0.6) is 0 Å². The van der Waals surface area contributed by atoms with Crippen molar-refractivity contribution in [3.63, 3.8) is 0 Å². The number of nitrogens with zero attached hydrogens (tertiary/aromatic N) is 4. The number of hydrogen-bond acceptors (Lipinski definition) is 4. The van der Waals surface area contributed by atoms with E-state index >= 15 is 0 Å². The first-order valence-electron chi connectivity index (χ1n) is 7.03. The Kier molecular flexibility index (Phi) is 2.92. The summed E-state index contributed by atoms with van der Waals surface area (Å²) >= 11 is 0. The fourth-order valence-electron chi connectivity index (χ4n) is 2.95. The number of aryl methyl sites for hydroxylation is 1. The molecule has 2 aliphatic rings. The van der Waals surface area contributed by atoms with Gasteiger partial charge < -0.3 is 9.80 Å². The van der Waals surface area contributed by atoms with Crippen LogP contribution in [0.25, 0.3) is 0 Å². The third kappa shape index (κ3) is 1.79. The van der Waals surface area contributed by atoms with E-state index in [0.29, 0.717) is 6.04 Å². The second-order valence-corrected chi connectivity index (χ2v) is 5.44. The Bertz CT molecular complexity index is 512. The topological polar surface area (TPSA) is 49.3 Å². The average Bonchev–Trinajstić information content (AvgIpc) is 2.34. The molecule has 102 valence electrons. The molecule has 0 aromatic carbocycles. The zero-order valence-electron chi connectivity index (χ0n) is 11.8. The first-order valence-corrected chi connectivity index (χ1v) is 7.03. The third-order valence-corrected chi connectivity index (χ3v) is 4.28. The summed E-state index contributed by atoms with van der Waals surface area (Å²) in [5.41, 5.74) is 0.840. The number of carbonyl (C=O) groups excluding carboxylic acids is 1. The van der Waals surface area contributed by atoms with Crippen LogP contribution in [-0.4, -0.2) is 35.0 Å². The summed E-state index contributed by atoms with van der Waals surface area (Å²) in [6.07, 6.45) is 6.17. The third-order valence-electron chi connectivity index (χ3n) is 4.28. The highest BCUT2D eigenvalue weighted by atomic mass is 16.2. The number of anilines is 2. The maximum Gasteiger partial charge on any atom is 0.249 e. The fraction of sp³-hybridized carbons (Fsp3) is 0.643. The molecular weight excluding hydrogens is 240 g/mol. The van der Waals surface area contributed by atoms with Crippen molar-refractivity contribution in [2.24, 2.45) is 0 Å². The van der Waals surface area contributed by atoms with Gasteiger partial charge in [-0.05, 0) is 32.6 Å². The predicted molar refractivity (Wildman–Crippen MR) is 74.4 cm³/mol. The second kappa shape index (κ2) is 4.47. The van der Waals surface area contributed by atoms with E-state index in [1.807, 2.05) is 14.0 Å². The zero-order valence-corrected chi connectivity index (χ0v) is 11.8. The van der Waals surface area contributed by atoms with Crippen LogP contribution in [0.1, 0.15) is 38.4 Å². The summed E-state index contributed by atoms with van der Waals surface area (Å²) in [4.78, 5) is 25.3. The van der Waals surface area contributed by atoms with Gasteiger partial charge in [0.2, 0.25) is 5.91 Å². The number of fused-ring (bicyclic) bond motifs is 1. The Morgan fingerprint density at radius 1 is 1.42 bits per heavy atom. The summed E-state index contributed by atoms with van der Waals surface area (Å²) < 4.78 is 0. The standard InChI is InChI=1S/C14H20N4O/c1-4-11-14(19)17(3)12-8-15-9(2)16-13(12)18(11)10-6-5-7-10/h8,10-11H,4-7H2,1-3H3. The minimum Gasteiger partial charge on any atom is -0.340 e. The number of carbonyl (C=O) groups is 1. The number of hydrogen-bond donors (Lipinski definition) is 0. The van der Waals surface area contributed by atoms with Crippen LogP contribution in [0.3, 0.4) is 0 Å². The molecule has 0 N–H and O–H groups in total. The van der Waals surface area contributed by atoms with E-state index in [4.69, 9.17) is 0 Å². The van der Waals surface area contributed by atoms with E-state index in [0.717, 1.165) is 36.6 Å². The molecule has 1 aromatic heterocycles. The van der Waals surface area contributed by atoms with Crippen LogP contribution >= 0.6 is 0 Å². The van der Waals surface area contributed by atoms with Crippen molar-refractivity contribution in [1.29, 1.82) is 0 Å². The molecule has 0 radical (unpaired) electrons. The van der Waals surface area contributed by atoms with Crippen molar-refractivity contribution in [3.05, 3.63) is 12.0 Å². The van der Waals surface area contributed by atoms with Crippen LogP contribution in [0, 0.1) is 6.92 Å². The second-order valence-electron chi connectivity index (χ2n) is 5.44. The highest BCUT2D eigenvalue weighted by molar-refractivity contribution is 6.04. The van der Waals surface area contributed by atoms with Gasteiger partial charge in [-0.3, -0.25) is 4.79 Å². The zero-order chi connectivity index (χ0) is 13.6. The van der Waals surface area contributed by atoms with Gasteiger partial charge >= 0.3 is 0 Å². The largest absolute Gasteiger partial charge is 0.340 e. The normalized spacial score (nSPS) is 23.3. The molecule has 5 heteroatoms. The van der Waals surface area contributed by atoms with Crippen LogP contribution in [-0.2, 0) is 4.79 Å². The van der Waals surface area contributed by atoms with Gasteiger partial charge in [0.1, 0.15) is 17.6 Å². The van der Waals surface area contributed by atoms with Crippen LogP contribution in [0.15, 0.2) is 6.20 Å². The van der Waals surface area contributed by atoms with Crippen LogP contribution in [0.4, 0.5) is 11.5 Å². The lowest BCUT2D eigenvalue weighted by Gasteiger charge is -2.47. The molecule has 5 nitrogen and oxygen atoms in total. The maximum absolute atomic E-state index is 12.5. The van der Waals surface area contributed by atoms with Crippen molar-refractivity contribution >= 4 is 17.4 Å². The molecule has 19 heavy (non-hydrogen) atoms. The molecule has 1 amide bonds. The Morgan fingerprint density at radius 3 is 2.74 bits per heavy atom. The van der Waals surface area contributed by atoms with Crippen molar-refractivity contribution in [1.82, 2.24) is 9.97 Å². The summed E-state index contributed by atoms with van der Waals surface area (Å²) in [7, 11) is 1.82. The first-order chi connectivity index (χ1) is 9.13. The lowest BCUT2D eigenvalue weighted by Crippen LogP contribution is -2.57. The monoisotopic (exact) mass is 260 g/mol. The lowest BCUT2D eigenvalue weighted by atomic mass is 9.88. The molecule has 2 heterocycles. The van der Waals surface area contributed by atoms with Gasteiger partial charge in [-0.25, -0.2) is 9.97 Å². The van der Waals surface area contributed by atoms with Gasteiger partial charge in [-0.15, -0.1) is 0 Å². The molecule has 0 saturated heterocycles. The van der Waals surface area contributed by atoms with Gasteiger partial charge in [-0.2, -0.15) is 0 Å². The van der Waals surface area contributed by atoms with Gasteiger partial charge in [-0.1, -0.05) is 6.92 Å². The van der Waals surface area contributed by atoms with E-state index in [1.165, 1.54) is 6.42 Å². The minimum absolute atomic E-state index is 0.0721. The minimum atomic E-state index is -0.0721.